The minimum atomic E-state index is 0.117. The summed E-state index contributed by atoms with van der Waals surface area (Å²) in [5.74, 6) is 6.65. The largest absolute Gasteiger partial charge is 0.310 e. The van der Waals surface area contributed by atoms with Gasteiger partial charge in [0.15, 0.2) is 0 Å². The number of fused-ring (bicyclic) bond motifs is 7. The first-order valence-corrected chi connectivity index (χ1v) is 24.0. The number of para-hydroxylation sites is 1. The van der Waals surface area contributed by atoms with E-state index in [1.54, 1.807) is 22.3 Å². The maximum Gasteiger partial charge on any atom is 0.0546 e. The van der Waals surface area contributed by atoms with Crippen molar-refractivity contribution in [3.05, 3.63) is 174 Å². The lowest BCUT2D eigenvalue weighted by atomic mass is 9.43. The zero-order chi connectivity index (χ0) is 39.6. The van der Waals surface area contributed by atoms with Crippen LogP contribution in [-0.2, 0) is 10.8 Å². The Hall–Kier alpha value is -5.40. The number of rotatable bonds is 4. The monoisotopic (exact) mass is 787 g/mol. The topological polar surface area (TPSA) is 3.24 Å². The fourth-order valence-electron chi connectivity index (χ4n) is 17.2. The Balaban J connectivity index is 0.956. The van der Waals surface area contributed by atoms with Crippen LogP contribution in [0.4, 0.5) is 17.1 Å². The molecular weight excluding hydrogens is 735 g/mol. The average Bonchev–Trinajstić information content (AvgIpc) is 3.75. The molecule has 0 atom stereocenters. The van der Waals surface area contributed by atoms with Crippen LogP contribution >= 0.6 is 0 Å². The highest BCUT2D eigenvalue weighted by Crippen LogP contribution is 2.71. The molecule has 0 heterocycles. The molecule has 0 saturated heterocycles. The molecule has 17 rings (SSSR count). The van der Waals surface area contributed by atoms with E-state index in [9.17, 15) is 0 Å². The van der Waals surface area contributed by atoms with E-state index in [-0.39, 0.29) is 10.8 Å². The van der Waals surface area contributed by atoms with Crippen molar-refractivity contribution in [2.75, 3.05) is 4.90 Å². The number of benzene rings is 7. The van der Waals surface area contributed by atoms with E-state index in [1.165, 1.54) is 125 Å². The van der Waals surface area contributed by atoms with Crippen molar-refractivity contribution < 1.29 is 0 Å². The van der Waals surface area contributed by atoms with Gasteiger partial charge in [-0.25, -0.2) is 0 Å². The lowest BCUT2D eigenvalue weighted by Crippen LogP contribution is -2.55. The minimum Gasteiger partial charge on any atom is -0.310 e. The zero-order valence-electron chi connectivity index (χ0n) is 35.1. The van der Waals surface area contributed by atoms with Crippen LogP contribution in [0.3, 0.4) is 0 Å². The molecule has 8 saturated carbocycles. The maximum absolute atomic E-state index is 2.71. The van der Waals surface area contributed by atoms with E-state index in [2.05, 4.69) is 157 Å². The molecule has 2 spiro atoms. The summed E-state index contributed by atoms with van der Waals surface area (Å²) in [6.45, 7) is 0. The summed E-state index contributed by atoms with van der Waals surface area (Å²) in [6.07, 6.45) is 14.2. The smallest absolute Gasteiger partial charge is 0.0546 e. The summed E-state index contributed by atoms with van der Waals surface area (Å²) in [7, 11) is 0. The second-order valence-electron chi connectivity index (χ2n) is 21.3. The second-order valence-corrected chi connectivity index (χ2v) is 21.3. The third-order valence-corrected chi connectivity index (χ3v) is 18.8. The lowest BCUT2D eigenvalue weighted by molar-refractivity contribution is -0.0399. The summed E-state index contributed by atoms with van der Waals surface area (Å²) < 4.78 is 0. The van der Waals surface area contributed by atoms with Crippen molar-refractivity contribution >= 4 is 27.8 Å². The first kappa shape index (κ1) is 34.2. The molecule has 10 aliphatic rings. The summed E-state index contributed by atoms with van der Waals surface area (Å²) in [5, 5.41) is 2.60. The van der Waals surface area contributed by atoms with Gasteiger partial charge in [0.25, 0.3) is 0 Å². The predicted octanol–water partition coefficient (Wildman–Crippen LogP) is 15.4. The first-order valence-electron chi connectivity index (χ1n) is 24.0. The first-order chi connectivity index (χ1) is 30.1. The maximum atomic E-state index is 2.71. The number of anilines is 3. The van der Waals surface area contributed by atoms with Gasteiger partial charge in [0.2, 0.25) is 0 Å². The average molecular weight is 788 g/mol. The van der Waals surface area contributed by atoms with Crippen LogP contribution in [-0.4, -0.2) is 0 Å². The molecule has 0 aliphatic heterocycles. The molecule has 1 heteroatoms. The van der Waals surface area contributed by atoms with Gasteiger partial charge < -0.3 is 4.90 Å². The fourth-order valence-corrected chi connectivity index (χ4v) is 17.2. The van der Waals surface area contributed by atoms with Gasteiger partial charge in [-0.3, -0.25) is 0 Å². The Kier molecular flexibility index (Phi) is 6.82. The molecule has 0 radical (unpaired) electrons. The molecule has 8 fully saturated rings. The minimum absolute atomic E-state index is 0.117. The summed E-state index contributed by atoms with van der Waals surface area (Å²) >= 11 is 0. The quantitative estimate of drug-likeness (QED) is 0.172. The van der Waals surface area contributed by atoms with E-state index < -0.39 is 0 Å². The van der Waals surface area contributed by atoms with Crippen LogP contribution in [0.5, 0.6) is 0 Å². The SMILES string of the molecule is c1ccc(N(c2ccc3c(c2)C2(c4ccccc4-3)C3CC4CC(C3)CC2C4)c2cc3ccccc3cc2-c2ccc3c(c2)C2(c4ccccc4-3)C3CC4CC(C3)CC2C4)cc1. The number of nitrogens with zero attached hydrogens (tertiary/aromatic N) is 1. The number of hydrogen-bond acceptors (Lipinski definition) is 1. The van der Waals surface area contributed by atoms with Crippen molar-refractivity contribution in [3.63, 3.8) is 0 Å². The standard InChI is InChI=1S/C60H53N/c1-2-12-47(13-3-1)61(48-19-21-52-50-15-7-9-17-55(50)60(57(52)35-48)45-28-38-23-39(30-45)31-46(60)29-38)58-34-41-11-5-4-10-40(41)32-53(58)42-18-20-51-49-14-6-8-16-54(49)59(56(51)33-42)43-24-36-22-37(26-43)27-44(59)25-36/h1-21,32-39,43-46H,22-31H2. The molecule has 0 amide bonds. The molecule has 0 aromatic heterocycles. The molecule has 0 unspecified atom stereocenters. The predicted molar refractivity (Wildman–Crippen MR) is 251 cm³/mol. The Labute approximate surface area is 360 Å². The van der Waals surface area contributed by atoms with Crippen molar-refractivity contribution in [3.8, 4) is 33.4 Å². The molecule has 298 valence electrons. The van der Waals surface area contributed by atoms with Crippen LogP contribution in [0.2, 0.25) is 0 Å². The molecule has 61 heavy (non-hydrogen) atoms. The zero-order valence-corrected chi connectivity index (χ0v) is 35.1. The molecule has 1 nitrogen and oxygen atoms in total. The van der Waals surface area contributed by atoms with Crippen molar-refractivity contribution in [2.45, 2.75) is 75.0 Å². The summed E-state index contributed by atoms with van der Waals surface area (Å²) in [6, 6.07) is 59.9. The van der Waals surface area contributed by atoms with Gasteiger partial charge >= 0.3 is 0 Å². The van der Waals surface area contributed by atoms with Crippen molar-refractivity contribution in [1.82, 2.24) is 0 Å². The molecular formula is C60H53N. The van der Waals surface area contributed by atoms with Gasteiger partial charge in [0.05, 0.1) is 5.69 Å². The van der Waals surface area contributed by atoms with Gasteiger partial charge in [-0.2, -0.15) is 0 Å². The van der Waals surface area contributed by atoms with E-state index >= 15 is 0 Å². The number of hydrogen-bond donors (Lipinski definition) is 0. The fraction of sp³-hybridized carbons (Fsp3) is 0.333. The Morgan fingerprint density at radius 1 is 0.328 bits per heavy atom. The van der Waals surface area contributed by atoms with Crippen molar-refractivity contribution in [2.24, 2.45) is 47.3 Å². The molecule has 10 aliphatic carbocycles. The van der Waals surface area contributed by atoms with Gasteiger partial charge in [-0.05, 0) is 215 Å². The summed E-state index contributed by atoms with van der Waals surface area (Å²) in [4.78, 5) is 2.63. The normalized spacial score (nSPS) is 32.4. The Morgan fingerprint density at radius 2 is 0.787 bits per heavy atom. The van der Waals surface area contributed by atoms with Gasteiger partial charge in [0, 0.05) is 27.8 Å². The third-order valence-electron chi connectivity index (χ3n) is 18.8. The lowest BCUT2D eigenvalue weighted by Gasteiger charge is -2.61. The van der Waals surface area contributed by atoms with Crippen LogP contribution in [0.15, 0.2) is 152 Å². The molecule has 0 N–H and O–H groups in total. The molecule has 7 aromatic carbocycles. The highest BCUT2D eigenvalue weighted by molar-refractivity contribution is 6.00. The third kappa shape index (κ3) is 4.39. The van der Waals surface area contributed by atoms with Crippen LogP contribution < -0.4 is 4.90 Å². The van der Waals surface area contributed by atoms with Crippen molar-refractivity contribution in [1.29, 1.82) is 0 Å². The van der Waals surface area contributed by atoms with E-state index in [0.717, 1.165) is 47.3 Å². The Bertz CT molecular complexity index is 2910. The second kappa shape index (κ2) is 12.2. The van der Waals surface area contributed by atoms with Crippen LogP contribution in [0, 0.1) is 47.3 Å². The van der Waals surface area contributed by atoms with Gasteiger partial charge in [0.1, 0.15) is 0 Å². The van der Waals surface area contributed by atoms with E-state index in [1.807, 2.05) is 0 Å². The van der Waals surface area contributed by atoms with Crippen LogP contribution in [0.1, 0.15) is 86.5 Å². The van der Waals surface area contributed by atoms with E-state index in [4.69, 9.17) is 0 Å². The highest BCUT2D eigenvalue weighted by Gasteiger charge is 2.63. The van der Waals surface area contributed by atoms with Gasteiger partial charge in [-0.1, -0.05) is 109 Å². The van der Waals surface area contributed by atoms with Crippen LogP contribution in [0.25, 0.3) is 44.2 Å². The molecule has 8 bridgehead atoms. The summed E-state index contributed by atoms with van der Waals surface area (Å²) in [5.41, 5.74) is 19.2. The molecule has 7 aromatic rings. The Morgan fingerprint density at radius 3 is 1.36 bits per heavy atom. The van der Waals surface area contributed by atoms with E-state index in [0.29, 0.717) is 0 Å². The van der Waals surface area contributed by atoms with Gasteiger partial charge in [-0.15, -0.1) is 0 Å². The highest BCUT2D eigenvalue weighted by atomic mass is 15.1.